The molecule has 0 amide bonds. The minimum atomic E-state index is 0. The molecule has 1 aliphatic heterocycles. The summed E-state index contributed by atoms with van der Waals surface area (Å²) < 4.78 is 0. The Morgan fingerprint density at radius 2 is 1.70 bits per heavy atom. The molecule has 124 valence electrons. The first-order chi connectivity index (χ1) is 10.6. The molecule has 2 aromatic rings. The second-order valence-corrected chi connectivity index (χ2v) is 7.08. The molecule has 0 bridgehead atoms. The van der Waals surface area contributed by atoms with Crippen LogP contribution in [0.4, 0.5) is 5.69 Å². The fourth-order valence-corrected chi connectivity index (χ4v) is 4.05. The van der Waals surface area contributed by atoms with Gasteiger partial charge in [-0.1, -0.05) is 41.6 Å². The number of anilines is 1. The van der Waals surface area contributed by atoms with Crippen molar-refractivity contribution in [2.45, 2.75) is 30.6 Å². The van der Waals surface area contributed by atoms with Crippen LogP contribution in [0.15, 0.2) is 46.2 Å². The molecule has 0 aromatic heterocycles. The number of nitrogens with one attached hydrogen (secondary N) is 1. The van der Waals surface area contributed by atoms with Gasteiger partial charge < -0.3 is 10.2 Å². The van der Waals surface area contributed by atoms with Crippen molar-refractivity contribution in [2.24, 2.45) is 0 Å². The molecular formula is C19H25ClN2S. The predicted molar refractivity (Wildman–Crippen MR) is 104 cm³/mol. The molecule has 2 nitrogen and oxygen atoms in total. The molecule has 4 heteroatoms. The quantitative estimate of drug-likeness (QED) is 0.873. The third kappa shape index (κ3) is 4.23. The van der Waals surface area contributed by atoms with Gasteiger partial charge in [0.25, 0.3) is 0 Å². The van der Waals surface area contributed by atoms with Crippen molar-refractivity contribution < 1.29 is 0 Å². The Morgan fingerprint density at radius 3 is 2.39 bits per heavy atom. The fourth-order valence-electron chi connectivity index (χ4n) is 2.95. The number of rotatable bonds is 3. The molecule has 0 radical (unpaired) electrons. The maximum Gasteiger partial charge on any atom is 0.0511 e. The smallest absolute Gasteiger partial charge is 0.0511 e. The topological polar surface area (TPSA) is 15.3 Å². The molecule has 1 aliphatic rings. The van der Waals surface area contributed by atoms with Crippen molar-refractivity contribution in [3.8, 4) is 0 Å². The van der Waals surface area contributed by atoms with Gasteiger partial charge in [0.15, 0.2) is 0 Å². The molecule has 0 unspecified atom stereocenters. The summed E-state index contributed by atoms with van der Waals surface area (Å²) in [6.07, 6.45) is 0. The van der Waals surface area contributed by atoms with Crippen LogP contribution in [0, 0.1) is 20.8 Å². The van der Waals surface area contributed by atoms with Crippen molar-refractivity contribution in [3.63, 3.8) is 0 Å². The average Bonchev–Trinajstić information content (AvgIpc) is 2.52. The Hall–Kier alpha value is -1.16. The monoisotopic (exact) mass is 348 g/mol. The first-order valence-electron chi connectivity index (χ1n) is 7.95. The number of nitrogens with zero attached hydrogens (tertiary/aromatic N) is 1. The summed E-state index contributed by atoms with van der Waals surface area (Å²) >= 11 is 1.91. The normalized spacial score (nSPS) is 14.5. The number of aryl methyl sites for hydroxylation is 3. The zero-order valence-corrected chi connectivity index (χ0v) is 15.7. The summed E-state index contributed by atoms with van der Waals surface area (Å²) in [7, 11) is 0. The van der Waals surface area contributed by atoms with Crippen LogP contribution >= 0.6 is 24.2 Å². The zero-order chi connectivity index (χ0) is 15.5. The number of halogens is 1. The van der Waals surface area contributed by atoms with E-state index < -0.39 is 0 Å². The molecule has 1 N–H and O–H groups in total. The third-order valence-electron chi connectivity index (χ3n) is 4.19. The van der Waals surface area contributed by atoms with E-state index >= 15 is 0 Å². The Kier molecular flexibility index (Phi) is 6.40. The molecular weight excluding hydrogens is 324 g/mol. The maximum atomic E-state index is 3.44. The highest BCUT2D eigenvalue weighted by Crippen LogP contribution is 2.39. The standard InChI is InChI=1S/C19H24N2S.ClH/c1-14-7-8-18(16(3)13-14)22-19-15(2)5-4-6-17(19)21-11-9-20-10-12-21;/h4-8,13,20H,9-12H2,1-3H3;1H. The van der Waals surface area contributed by atoms with E-state index in [2.05, 4.69) is 67.4 Å². The van der Waals surface area contributed by atoms with Crippen molar-refractivity contribution in [1.82, 2.24) is 5.32 Å². The molecule has 0 aliphatic carbocycles. The maximum absolute atomic E-state index is 3.44. The van der Waals surface area contributed by atoms with Gasteiger partial charge in [-0.3, -0.25) is 0 Å². The van der Waals surface area contributed by atoms with E-state index in [1.54, 1.807) is 0 Å². The van der Waals surface area contributed by atoms with Crippen LogP contribution in [0.3, 0.4) is 0 Å². The lowest BCUT2D eigenvalue weighted by Gasteiger charge is -2.31. The van der Waals surface area contributed by atoms with Gasteiger partial charge in [0, 0.05) is 36.0 Å². The van der Waals surface area contributed by atoms with Crippen molar-refractivity contribution in [3.05, 3.63) is 53.1 Å². The Balaban J connectivity index is 0.00000192. The van der Waals surface area contributed by atoms with Gasteiger partial charge in [0.1, 0.15) is 0 Å². The van der Waals surface area contributed by atoms with E-state index in [1.807, 2.05) is 11.8 Å². The molecule has 0 saturated carbocycles. The highest BCUT2D eigenvalue weighted by atomic mass is 35.5. The lowest BCUT2D eigenvalue weighted by atomic mass is 10.2. The summed E-state index contributed by atoms with van der Waals surface area (Å²) in [6.45, 7) is 10.9. The van der Waals surface area contributed by atoms with Gasteiger partial charge >= 0.3 is 0 Å². The van der Waals surface area contributed by atoms with Crippen LogP contribution in [-0.4, -0.2) is 26.2 Å². The minimum absolute atomic E-state index is 0. The molecule has 2 aromatic carbocycles. The van der Waals surface area contributed by atoms with Crippen LogP contribution in [0.5, 0.6) is 0 Å². The van der Waals surface area contributed by atoms with Gasteiger partial charge in [-0.25, -0.2) is 0 Å². The molecule has 0 atom stereocenters. The van der Waals surface area contributed by atoms with Crippen LogP contribution in [-0.2, 0) is 0 Å². The predicted octanol–water partition coefficient (Wildman–Crippen LogP) is 4.59. The Morgan fingerprint density at radius 1 is 0.957 bits per heavy atom. The number of hydrogen-bond acceptors (Lipinski definition) is 3. The summed E-state index contributed by atoms with van der Waals surface area (Å²) in [5.74, 6) is 0. The Labute approximate surface area is 150 Å². The SMILES string of the molecule is Cc1ccc(Sc2c(C)cccc2N2CCNCC2)c(C)c1.Cl. The van der Waals surface area contributed by atoms with E-state index in [4.69, 9.17) is 0 Å². The molecule has 3 rings (SSSR count). The molecule has 1 heterocycles. The molecule has 0 spiro atoms. The summed E-state index contributed by atoms with van der Waals surface area (Å²) in [4.78, 5) is 5.27. The van der Waals surface area contributed by atoms with Crippen LogP contribution in [0.2, 0.25) is 0 Å². The number of piperazine rings is 1. The zero-order valence-electron chi connectivity index (χ0n) is 14.1. The number of hydrogen-bond donors (Lipinski definition) is 1. The highest BCUT2D eigenvalue weighted by Gasteiger charge is 2.16. The van der Waals surface area contributed by atoms with Crippen LogP contribution in [0.25, 0.3) is 0 Å². The average molecular weight is 349 g/mol. The summed E-state index contributed by atoms with van der Waals surface area (Å²) in [6, 6.07) is 13.4. The fraction of sp³-hybridized carbons (Fsp3) is 0.368. The minimum Gasteiger partial charge on any atom is -0.368 e. The van der Waals surface area contributed by atoms with Crippen molar-refractivity contribution in [2.75, 3.05) is 31.1 Å². The lowest BCUT2D eigenvalue weighted by Crippen LogP contribution is -2.43. The number of benzene rings is 2. The van der Waals surface area contributed by atoms with E-state index in [1.165, 1.54) is 32.2 Å². The summed E-state index contributed by atoms with van der Waals surface area (Å²) in [5.41, 5.74) is 5.43. The van der Waals surface area contributed by atoms with Gasteiger partial charge in [-0.15, -0.1) is 12.4 Å². The van der Waals surface area contributed by atoms with Gasteiger partial charge in [0.2, 0.25) is 0 Å². The van der Waals surface area contributed by atoms with Crippen molar-refractivity contribution in [1.29, 1.82) is 0 Å². The van der Waals surface area contributed by atoms with Gasteiger partial charge in [0.05, 0.1) is 5.69 Å². The lowest BCUT2D eigenvalue weighted by molar-refractivity contribution is 0.586. The second kappa shape index (κ2) is 8.09. The van der Waals surface area contributed by atoms with Gasteiger partial charge in [-0.05, 0) is 44.0 Å². The van der Waals surface area contributed by atoms with Crippen LogP contribution < -0.4 is 10.2 Å². The first-order valence-corrected chi connectivity index (χ1v) is 8.77. The van der Waals surface area contributed by atoms with E-state index in [0.29, 0.717) is 0 Å². The molecule has 23 heavy (non-hydrogen) atoms. The third-order valence-corrected chi connectivity index (χ3v) is 5.60. The van der Waals surface area contributed by atoms with E-state index in [0.717, 1.165) is 26.2 Å². The second-order valence-electron chi connectivity index (χ2n) is 6.03. The largest absolute Gasteiger partial charge is 0.368 e. The van der Waals surface area contributed by atoms with Crippen molar-refractivity contribution >= 4 is 29.9 Å². The van der Waals surface area contributed by atoms with E-state index in [-0.39, 0.29) is 12.4 Å². The van der Waals surface area contributed by atoms with E-state index in [9.17, 15) is 0 Å². The molecule has 1 saturated heterocycles. The Bertz CT molecular complexity index is 666. The first kappa shape index (κ1) is 18.2. The molecule has 1 fully saturated rings. The van der Waals surface area contributed by atoms with Crippen LogP contribution in [0.1, 0.15) is 16.7 Å². The summed E-state index contributed by atoms with van der Waals surface area (Å²) in [5, 5.41) is 3.44. The highest BCUT2D eigenvalue weighted by molar-refractivity contribution is 7.99. The van der Waals surface area contributed by atoms with Gasteiger partial charge in [-0.2, -0.15) is 0 Å².